The predicted molar refractivity (Wildman–Crippen MR) is 56.5 cm³/mol. The van der Waals surface area contributed by atoms with Gasteiger partial charge in [-0.2, -0.15) is 0 Å². The third kappa shape index (κ3) is 2.88. The van der Waals surface area contributed by atoms with Crippen molar-refractivity contribution in [1.82, 2.24) is 0 Å². The molecule has 1 rings (SSSR count). The Morgan fingerprint density at radius 3 is 2.92 bits per heavy atom. The first-order valence-electron chi connectivity index (χ1n) is 4.16. The molecule has 68 valence electrons. The van der Waals surface area contributed by atoms with Crippen LogP contribution >= 0.6 is 27.3 Å². The van der Waals surface area contributed by atoms with Crippen molar-refractivity contribution in [2.45, 2.75) is 32.3 Å². The van der Waals surface area contributed by atoms with Gasteiger partial charge in [-0.15, -0.1) is 11.3 Å². The molecule has 0 radical (unpaired) electrons. The fraction of sp³-hybridized carbons (Fsp3) is 0.556. The van der Waals surface area contributed by atoms with Gasteiger partial charge in [-0.25, -0.2) is 0 Å². The summed E-state index contributed by atoms with van der Waals surface area (Å²) < 4.78 is 1.09. The number of thiophene rings is 1. The van der Waals surface area contributed by atoms with E-state index in [1.807, 2.05) is 11.4 Å². The van der Waals surface area contributed by atoms with Crippen molar-refractivity contribution in [1.29, 1.82) is 0 Å². The van der Waals surface area contributed by atoms with E-state index in [0.717, 1.165) is 28.6 Å². The average Bonchev–Trinajstić information content (AvgIpc) is 2.47. The van der Waals surface area contributed by atoms with E-state index in [2.05, 4.69) is 22.9 Å². The molecule has 1 N–H and O–H groups in total. The molecule has 0 amide bonds. The lowest BCUT2D eigenvalue weighted by atomic mass is 10.1. The van der Waals surface area contributed by atoms with E-state index in [0.29, 0.717) is 0 Å². The summed E-state index contributed by atoms with van der Waals surface area (Å²) >= 11 is 5.00. The molecule has 0 aliphatic rings. The molecular formula is C9H13BrOS. The Morgan fingerprint density at radius 1 is 1.67 bits per heavy atom. The second-order valence-corrected chi connectivity index (χ2v) is 5.13. The molecule has 1 aromatic heterocycles. The van der Waals surface area contributed by atoms with Crippen molar-refractivity contribution in [2.75, 3.05) is 0 Å². The van der Waals surface area contributed by atoms with Gasteiger partial charge >= 0.3 is 0 Å². The quantitative estimate of drug-likeness (QED) is 0.861. The van der Waals surface area contributed by atoms with Gasteiger partial charge in [0.15, 0.2) is 0 Å². The molecule has 1 atom stereocenters. The first kappa shape index (κ1) is 10.2. The molecule has 1 heterocycles. The molecular weight excluding hydrogens is 236 g/mol. The Bertz CT molecular complexity index is 234. The number of halogens is 1. The van der Waals surface area contributed by atoms with Crippen molar-refractivity contribution in [3.63, 3.8) is 0 Å². The molecule has 1 aromatic rings. The van der Waals surface area contributed by atoms with Crippen LogP contribution in [0.3, 0.4) is 0 Å². The zero-order valence-corrected chi connectivity index (χ0v) is 9.49. The molecule has 0 spiro atoms. The van der Waals surface area contributed by atoms with E-state index >= 15 is 0 Å². The van der Waals surface area contributed by atoms with Crippen molar-refractivity contribution < 1.29 is 5.11 Å². The van der Waals surface area contributed by atoms with Crippen LogP contribution in [0.2, 0.25) is 0 Å². The summed E-state index contributed by atoms with van der Waals surface area (Å²) in [5.74, 6) is 0. The van der Waals surface area contributed by atoms with E-state index in [1.54, 1.807) is 11.3 Å². The molecule has 1 nitrogen and oxygen atoms in total. The second kappa shape index (κ2) is 5.00. The first-order valence-corrected chi connectivity index (χ1v) is 5.83. The van der Waals surface area contributed by atoms with Crippen molar-refractivity contribution in [3.8, 4) is 0 Å². The summed E-state index contributed by atoms with van der Waals surface area (Å²) in [5.41, 5.74) is 1.04. The van der Waals surface area contributed by atoms with Gasteiger partial charge in [-0.3, -0.25) is 0 Å². The van der Waals surface area contributed by atoms with E-state index in [9.17, 15) is 5.11 Å². The maximum atomic E-state index is 9.65. The highest BCUT2D eigenvalue weighted by atomic mass is 79.9. The van der Waals surface area contributed by atoms with Crippen LogP contribution in [0.25, 0.3) is 0 Å². The van der Waals surface area contributed by atoms with Crippen LogP contribution in [0, 0.1) is 0 Å². The normalized spacial score (nSPS) is 13.2. The van der Waals surface area contributed by atoms with Gasteiger partial charge in [0, 0.05) is 0 Å². The summed E-state index contributed by atoms with van der Waals surface area (Å²) in [7, 11) is 0. The predicted octanol–water partition coefficient (Wildman–Crippen LogP) is 3.73. The summed E-state index contributed by atoms with van der Waals surface area (Å²) in [4.78, 5) is 0. The molecule has 0 aliphatic heterocycles. The molecule has 0 bridgehead atoms. The minimum absolute atomic E-state index is 0.271. The molecule has 0 aromatic carbocycles. The van der Waals surface area contributed by atoms with Crippen LogP contribution in [-0.2, 0) is 0 Å². The summed E-state index contributed by atoms with van der Waals surface area (Å²) in [6.45, 7) is 2.14. The van der Waals surface area contributed by atoms with Crippen LogP contribution in [0.4, 0.5) is 0 Å². The zero-order valence-electron chi connectivity index (χ0n) is 7.09. The molecule has 12 heavy (non-hydrogen) atoms. The highest BCUT2D eigenvalue weighted by Gasteiger charge is 2.07. The molecule has 0 aliphatic carbocycles. The summed E-state index contributed by atoms with van der Waals surface area (Å²) in [6, 6.07) is 1.99. The van der Waals surface area contributed by atoms with Crippen LogP contribution < -0.4 is 0 Å². The summed E-state index contributed by atoms with van der Waals surface area (Å²) in [5, 5.41) is 11.7. The maximum Gasteiger partial charge on any atom is 0.0798 e. The van der Waals surface area contributed by atoms with Crippen LogP contribution in [0.1, 0.15) is 37.9 Å². The van der Waals surface area contributed by atoms with E-state index in [-0.39, 0.29) is 6.10 Å². The fourth-order valence-corrected chi connectivity index (χ4v) is 2.28. The summed E-state index contributed by atoms with van der Waals surface area (Å²) in [6.07, 6.45) is 2.84. The van der Waals surface area contributed by atoms with Crippen molar-refractivity contribution >= 4 is 27.3 Å². The second-order valence-electron chi connectivity index (χ2n) is 2.84. The minimum atomic E-state index is -0.271. The van der Waals surface area contributed by atoms with Gasteiger partial charge in [0.1, 0.15) is 0 Å². The van der Waals surface area contributed by atoms with Gasteiger partial charge in [0.2, 0.25) is 0 Å². The number of aliphatic hydroxyl groups is 1. The molecule has 3 heteroatoms. The number of rotatable bonds is 4. The van der Waals surface area contributed by atoms with Gasteiger partial charge < -0.3 is 5.11 Å². The molecule has 0 saturated carbocycles. The smallest absolute Gasteiger partial charge is 0.0798 e. The Hall–Kier alpha value is 0.140. The molecule has 1 unspecified atom stereocenters. The number of hydrogen-bond acceptors (Lipinski definition) is 2. The van der Waals surface area contributed by atoms with Gasteiger partial charge in [-0.1, -0.05) is 19.8 Å². The zero-order chi connectivity index (χ0) is 8.97. The first-order chi connectivity index (χ1) is 5.74. The van der Waals surface area contributed by atoms with Crippen LogP contribution in [0.5, 0.6) is 0 Å². The third-order valence-corrected chi connectivity index (χ3v) is 3.33. The Kier molecular flexibility index (Phi) is 4.26. The minimum Gasteiger partial charge on any atom is -0.388 e. The lowest BCUT2D eigenvalue weighted by Crippen LogP contribution is -1.94. The highest BCUT2D eigenvalue weighted by Crippen LogP contribution is 2.27. The fourth-order valence-electron chi connectivity index (χ4n) is 1.06. The van der Waals surface area contributed by atoms with Gasteiger partial charge in [-0.05, 0) is 39.4 Å². The Balaban J connectivity index is 2.47. The maximum absolute atomic E-state index is 9.65. The van der Waals surface area contributed by atoms with Gasteiger partial charge in [0.05, 0.1) is 9.89 Å². The van der Waals surface area contributed by atoms with Gasteiger partial charge in [0.25, 0.3) is 0 Å². The lowest BCUT2D eigenvalue weighted by Gasteiger charge is -2.06. The Labute approximate surface area is 85.6 Å². The van der Waals surface area contributed by atoms with E-state index < -0.39 is 0 Å². The standard InChI is InChI=1S/C9H13BrOS/c1-2-3-4-8(11)7-5-9(10)12-6-7/h5-6,8,11H,2-4H2,1H3. The SMILES string of the molecule is CCCCC(O)c1csc(Br)c1. The molecule has 0 saturated heterocycles. The lowest BCUT2D eigenvalue weighted by molar-refractivity contribution is 0.164. The van der Waals surface area contributed by atoms with Crippen LogP contribution in [-0.4, -0.2) is 5.11 Å². The topological polar surface area (TPSA) is 20.2 Å². The molecule has 0 fully saturated rings. The highest BCUT2D eigenvalue weighted by molar-refractivity contribution is 9.11. The third-order valence-electron chi connectivity index (χ3n) is 1.80. The number of aliphatic hydroxyl groups excluding tert-OH is 1. The van der Waals surface area contributed by atoms with Crippen molar-refractivity contribution in [2.24, 2.45) is 0 Å². The number of unbranched alkanes of at least 4 members (excludes halogenated alkanes) is 1. The average molecular weight is 249 g/mol. The van der Waals surface area contributed by atoms with Crippen LogP contribution in [0.15, 0.2) is 15.2 Å². The van der Waals surface area contributed by atoms with E-state index in [1.165, 1.54) is 0 Å². The Morgan fingerprint density at radius 2 is 2.42 bits per heavy atom. The van der Waals surface area contributed by atoms with E-state index in [4.69, 9.17) is 0 Å². The monoisotopic (exact) mass is 248 g/mol. The largest absolute Gasteiger partial charge is 0.388 e. The van der Waals surface area contributed by atoms with Crippen molar-refractivity contribution in [3.05, 3.63) is 20.8 Å². The number of hydrogen-bond donors (Lipinski definition) is 1.